The standard InChI is InChI=1S/C18H23FN2O/c19-17-10-4-3-8-15(17)12-21-11-5-9-16(13-21)20-18(22)14-6-1-2-7-14/h3-4,6,8,10,16H,1-2,5,7,9,11-13H2,(H,20,22)/t16-/m1/s1. The van der Waals surface area contributed by atoms with Gasteiger partial charge in [-0.2, -0.15) is 0 Å². The van der Waals surface area contributed by atoms with Crippen molar-refractivity contribution in [2.45, 2.75) is 44.7 Å². The predicted molar refractivity (Wildman–Crippen MR) is 84.8 cm³/mol. The topological polar surface area (TPSA) is 32.3 Å². The van der Waals surface area contributed by atoms with Crippen LogP contribution in [0.5, 0.6) is 0 Å². The van der Waals surface area contributed by atoms with Gasteiger partial charge in [0.25, 0.3) is 0 Å². The summed E-state index contributed by atoms with van der Waals surface area (Å²) in [6, 6.07) is 7.10. The highest BCUT2D eigenvalue weighted by Crippen LogP contribution is 2.19. The maximum atomic E-state index is 13.8. The van der Waals surface area contributed by atoms with E-state index in [-0.39, 0.29) is 17.8 Å². The third-order valence-corrected chi connectivity index (χ3v) is 4.53. The lowest BCUT2D eigenvalue weighted by Gasteiger charge is -2.33. The lowest BCUT2D eigenvalue weighted by atomic mass is 10.0. The van der Waals surface area contributed by atoms with Crippen LogP contribution in [0.1, 0.15) is 37.7 Å². The first-order valence-corrected chi connectivity index (χ1v) is 8.18. The Hall–Kier alpha value is -1.68. The van der Waals surface area contributed by atoms with Crippen LogP contribution in [-0.4, -0.2) is 29.9 Å². The molecule has 3 nitrogen and oxygen atoms in total. The van der Waals surface area contributed by atoms with E-state index in [0.717, 1.165) is 56.3 Å². The fraction of sp³-hybridized carbons (Fsp3) is 0.500. The minimum Gasteiger partial charge on any atom is -0.348 e. The molecule has 0 aromatic heterocycles. The molecule has 0 saturated carbocycles. The predicted octanol–water partition coefficient (Wildman–Crippen LogP) is 3.02. The molecule has 0 radical (unpaired) electrons. The van der Waals surface area contributed by atoms with Gasteiger partial charge in [-0.3, -0.25) is 9.69 Å². The molecule has 1 aromatic rings. The molecule has 0 unspecified atom stereocenters. The maximum Gasteiger partial charge on any atom is 0.247 e. The SMILES string of the molecule is O=C(N[C@@H]1CCCN(Cc2ccccc2F)C1)C1=CCCC1. The van der Waals surface area contributed by atoms with Gasteiger partial charge in [0.2, 0.25) is 5.91 Å². The summed E-state index contributed by atoms with van der Waals surface area (Å²) in [4.78, 5) is 14.4. The van der Waals surface area contributed by atoms with Crippen LogP contribution in [0, 0.1) is 5.82 Å². The van der Waals surface area contributed by atoms with E-state index in [1.807, 2.05) is 12.1 Å². The molecule has 22 heavy (non-hydrogen) atoms. The zero-order valence-corrected chi connectivity index (χ0v) is 12.9. The number of benzene rings is 1. The summed E-state index contributed by atoms with van der Waals surface area (Å²) >= 11 is 0. The number of piperidine rings is 1. The average molecular weight is 302 g/mol. The second kappa shape index (κ2) is 7.05. The van der Waals surface area contributed by atoms with Crippen molar-refractivity contribution in [3.05, 3.63) is 47.3 Å². The Morgan fingerprint density at radius 3 is 2.95 bits per heavy atom. The number of likely N-dealkylation sites (tertiary alicyclic amines) is 1. The summed E-state index contributed by atoms with van der Waals surface area (Å²) in [6.07, 6.45) is 7.11. The highest BCUT2D eigenvalue weighted by molar-refractivity contribution is 5.93. The molecule has 2 aliphatic rings. The van der Waals surface area contributed by atoms with Gasteiger partial charge < -0.3 is 5.32 Å². The van der Waals surface area contributed by atoms with Crippen molar-refractivity contribution in [1.82, 2.24) is 10.2 Å². The number of allylic oxidation sites excluding steroid dienone is 1. The first-order valence-electron chi connectivity index (χ1n) is 8.18. The Morgan fingerprint density at radius 1 is 1.32 bits per heavy atom. The molecule has 1 amide bonds. The number of amides is 1. The van der Waals surface area contributed by atoms with Gasteiger partial charge in [0.05, 0.1) is 0 Å². The lowest BCUT2D eigenvalue weighted by Crippen LogP contribution is -2.47. The van der Waals surface area contributed by atoms with E-state index in [1.54, 1.807) is 6.07 Å². The first-order chi connectivity index (χ1) is 10.7. The number of carbonyl (C=O) groups excluding carboxylic acids is 1. The van der Waals surface area contributed by atoms with E-state index >= 15 is 0 Å². The molecule has 1 aliphatic heterocycles. The van der Waals surface area contributed by atoms with Gasteiger partial charge in [-0.25, -0.2) is 4.39 Å². The van der Waals surface area contributed by atoms with Gasteiger partial charge in [0.15, 0.2) is 0 Å². The van der Waals surface area contributed by atoms with E-state index < -0.39 is 0 Å². The molecule has 0 spiro atoms. The Labute approximate surface area is 131 Å². The zero-order valence-electron chi connectivity index (χ0n) is 12.9. The highest BCUT2D eigenvalue weighted by Gasteiger charge is 2.23. The third kappa shape index (κ3) is 3.74. The van der Waals surface area contributed by atoms with Crippen molar-refractivity contribution in [3.8, 4) is 0 Å². The monoisotopic (exact) mass is 302 g/mol. The number of halogens is 1. The summed E-state index contributed by atoms with van der Waals surface area (Å²) in [5.41, 5.74) is 1.67. The molecule has 1 fully saturated rings. The largest absolute Gasteiger partial charge is 0.348 e. The molecule has 4 heteroatoms. The van der Waals surface area contributed by atoms with Crippen molar-refractivity contribution in [3.63, 3.8) is 0 Å². The smallest absolute Gasteiger partial charge is 0.247 e. The average Bonchev–Trinajstić information content (AvgIpc) is 3.04. The van der Waals surface area contributed by atoms with E-state index in [0.29, 0.717) is 6.54 Å². The summed E-state index contributed by atoms with van der Waals surface area (Å²) in [6.45, 7) is 2.37. The summed E-state index contributed by atoms with van der Waals surface area (Å²) < 4.78 is 13.8. The molecule has 1 atom stereocenters. The normalized spacial score (nSPS) is 22.4. The molecule has 1 heterocycles. The zero-order chi connectivity index (χ0) is 15.4. The Balaban J connectivity index is 1.55. The Bertz CT molecular complexity index is 570. The maximum absolute atomic E-state index is 13.8. The minimum atomic E-state index is -0.148. The number of nitrogens with zero attached hydrogens (tertiary/aromatic N) is 1. The molecule has 3 rings (SSSR count). The van der Waals surface area contributed by atoms with Crippen LogP contribution >= 0.6 is 0 Å². The minimum absolute atomic E-state index is 0.0928. The molecule has 0 bridgehead atoms. The molecule has 1 aliphatic carbocycles. The Kier molecular flexibility index (Phi) is 4.88. The van der Waals surface area contributed by atoms with E-state index in [9.17, 15) is 9.18 Å². The second-order valence-corrected chi connectivity index (χ2v) is 6.26. The van der Waals surface area contributed by atoms with Crippen LogP contribution in [0.4, 0.5) is 4.39 Å². The Morgan fingerprint density at radius 2 is 2.18 bits per heavy atom. The fourth-order valence-electron chi connectivity index (χ4n) is 3.34. The van der Waals surface area contributed by atoms with Gasteiger partial charge in [0.1, 0.15) is 5.82 Å². The summed E-state index contributed by atoms with van der Waals surface area (Å²) in [5, 5.41) is 3.15. The first kappa shape index (κ1) is 15.2. The summed E-state index contributed by atoms with van der Waals surface area (Å²) in [5.74, 6) is -0.0555. The van der Waals surface area contributed by atoms with Crippen LogP contribution in [0.15, 0.2) is 35.9 Å². The van der Waals surface area contributed by atoms with Crippen molar-refractivity contribution < 1.29 is 9.18 Å². The van der Waals surface area contributed by atoms with Gasteiger partial charge in [-0.15, -0.1) is 0 Å². The van der Waals surface area contributed by atoms with Gasteiger partial charge >= 0.3 is 0 Å². The number of hydrogen-bond acceptors (Lipinski definition) is 2. The quantitative estimate of drug-likeness (QED) is 0.927. The molecule has 1 saturated heterocycles. The van der Waals surface area contributed by atoms with Crippen LogP contribution in [0.3, 0.4) is 0 Å². The van der Waals surface area contributed by atoms with Gasteiger partial charge in [-0.05, 0) is 44.7 Å². The van der Waals surface area contributed by atoms with E-state index in [1.165, 1.54) is 6.07 Å². The molecule has 1 aromatic carbocycles. The van der Waals surface area contributed by atoms with Crippen LogP contribution in [-0.2, 0) is 11.3 Å². The van der Waals surface area contributed by atoms with E-state index in [2.05, 4.69) is 16.3 Å². The van der Waals surface area contributed by atoms with Gasteiger partial charge in [0, 0.05) is 30.3 Å². The lowest BCUT2D eigenvalue weighted by molar-refractivity contribution is -0.118. The fourth-order valence-corrected chi connectivity index (χ4v) is 3.34. The second-order valence-electron chi connectivity index (χ2n) is 6.26. The molecule has 1 N–H and O–H groups in total. The number of hydrogen-bond donors (Lipinski definition) is 1. The highest BCUT2D eigenvalue weighted by atomic mass is 19.1. The van der Waals surface area contributed by atoms with Crippen LogP contribution in [0.2, 0.25) is 0 Å². The summed E-state index contributed by atoms with van der Waals surface area (Å²) in [7, 11) is 0. The molecule has 118 valence electrons. The third-order valence-electron chi connectivity index (χ3n) is 4.53. The molecular formula is C18H23FN2O. The van der Waals surface area contributed by atoms with Crippen LogP contribution in [0.25, 0.3) is 0 Å². The number of rotatable bonds is 4. The van der Waals surface area contributed by atoms with Gasteiger partial charge in [-0.1, -0.05) is 24.3 Å². The molecular weight excluding hydrogens is 279 g/mol. The van der Waals surface area contributed by atoms with E-state index in [4.69, 9.17) is 0 Å². The van der Waals surface area contributed by atoms with Crippen molar-refractivity contribution in [2.24, 2.45) is 0 Å². The van der Waals surface area contributed by atoms with Crippen molar-refractivity contribution >= 4 is 5.91 Å². The number of carbonyl (C=O) groups is 1. The van der Waals surface area contributed by atoms with Crippen LogP contribution < -0.4 is 5.32 Å². The van der Waals surface area contributed by atoms with Crippen molar-refractivity contribution in [2.75, 3.05) is 13.1 Å². The van der Waals surface area contributed by atoms with Crippen molar-refractivity contribution in [1.29, 1.82) is 0 Å². The number of nitrogens with one attached hydrogen (secondary N) is 1.